The zero-order valence-corrected chi connectivity index (χ0v) is 12.4. The van der Waals surface area contributed by atoms with E-state index < -0.39 is 12.2 Å². The van der Waals surface area contributed by atoms with Gasteiger partial charge in [-0.1, -0.05) is 5.11 Å². The number of cyclic esters (lactones) is 1. The van der Waals surface area contributed by atoms with Crippen LogP contribution in [0, 0.1) is 0 Å². The highest BCUT2D eigenvalue weighted by Crippen LogP contribution is 2.27. The number of hydrogen-bond donors (Lipinski definition) is 0. The number of carbonyl (C=O) groups excluding carboxylic acids is 1. The number of hydrogen-bond acceptors (Lipinski definition) is 4. The maximum Gasteiger partial charge on any atom is 0.414 e. The molecule has 0 bridgehead atoms. The molecule has 0 aliphatic carbocycles. The summed E-state index contributed by atoms with van der Waals surface area (Å²) < 4.78 is 7.12. The van der Waals surface area contributed by atoms with Crippen molar-refractivity contribution in [2.75, 3.05) is 18.0 Å². The normalized spacial score (nSPS) is 17.9. The van der Waals surface area contributed by atoms with E-state index in [0.717, 1.165) is 16.6 Å². The van der Waals surface area contributed by atoms with Gasteiger partial charge in [-0.05, 0) is 37.6 Å². The molecule has 22 heavy (non-hydrogen) atoms. The van der Waals surface area contributed by atoms with Crippen LogP contribution in [0.5, 0.6) is 0 Å². The molecule has 1 aliphatic rings. The Balaban J connectivity index is 1.87. The van der Waals surface area contributed by atoms with Gasteiger partial charge in [0.25, 0.3) is 0 Å². The largest absolute Gasteiger partial charge is 0.444 e. The van der Waals surface area contributed by atoms with E-state index in [2.05, 4.69) is 29.0 Å². The minimum Gasteiger partial charge on any atom is -0.444 e. The van der Waals surface area contributed by atoms with Crippen molar-refractivity contribution in [2.45, 2.75) is 26.0 Å². The highest BCUT2D eigenvalue weighted by atomic mass is 16.6. The molecule has 0 N–H and O–H groups in total. The number of benzene rings is 1. The van der Waals surface area contributed by atoms with Crippen LogP contribution in [0.4, 0.5) is 10.5 Å². The lowest BCUT2D eigenvalue weighted by molar-refractivity contribution is 0.145. The smallest absolute Gasteiger partial charge is 0.414 e. The Bertz CT molecular complexity index is 762. The average Bonchev–Trinajstić information content (AvgIpc) is 3.07. The summed E-state index contributed by atoms with van der Waals surface area (Å²) in [5, 5.41) is 8.79. The van der Waals surface area contributed by atoms with Crippen molar-refractivity contribution in [2.24, 2.45) is 5.11 Å². The van der Waals surface area contributed by atoms with Crippen molar-refractivity contribution in [1.82, 2.24) is 9.78 Å². The fourth-order valence-electron chi connectivity index (χ4n) is 2.57. The van der Waals surface area contributed by atoms with E-state index in [9.17, 15) is 4.79 Å². The molecule has 1 amide bonds. The molecule has 1 saturated heterocycles. The number of nitrogens with zero attached hydrogens (tertiary/aromatic N) is 6. The van der Waals surface area contributed by atoms with Gasteiger partial charge in [-0.25, -0.2) is 4.79 Å². The average molecular weight is 300 g/mol. The number of ether oxygens (including phenoxy) is 1. The highest BCUT2D eigenvalue weighted by molar-refractivity contribution is 5.93. The molecule has 0 radical (unpaired) electrons. The van der Waals surface area contributed by atoms with Gasteiger partial charge >= 0.3 is 6.09 Å². The maximum absolute atomic E-state index is 11.9. The molecule has 8 nitrogen and oxygen atoms in total. The third-order valence-electron chi connectivity index (χ3n) is 3.60. The lowest BCUT2D eigenvalue weighted by Gasteiger charge is -2.13. The number of carbonyl (C=O) groups is 1. The van der Waals surface area contributed by atoms with E-state index in [4.69, 9.17) is 10.3 Å². The fourth-order valence-corrected chi connectivity index (χ4v) is 2.57. The molecular weight excluding hydrogens is 284 g/mol. The standard InChI is InChI=1S/C14H16N6O2/c1-9(2)20-13-4-3-11(5-10(13)6-17-20)19-8-12(7-16-18-15)22-14(19)21/h3-6,9,12H,7-8H2,1-2H3. The second kappa shape index (κ2) is 5.57. The minimum absolute atomic E-state index is 0.145. The molecule has 1 aromatic heterocycles. The Morgan fingerprint density at radius 1 is 1.55 bits per heavy atom. The monoisotopic (exact) mass is 300 g/mol. The number of azide groups is 1. The van der Waals surface area contributed by atoms with Crippen molar-refractivity contribution in [1.29, 1.82) is 0 Å². The molecule has 3 rings (SSSR count). The fraction of sp³-hybridized carbons (Fsp3) is 0.429. The zero-order valence-electron chi connectivity index (χ0n) is 12.4. The van der Waals surface area contributed by atoms with Crippen LogP contribution in [0.15, 0.2) is 29.5 Å². The van der Waals surface area contributed by atoms with E-state index in [-0.39, 0.29) is 12.6 Å². The second-order valence-corrected chi connectivity index (χ2v) is 5.46. The van der Waals surface area contributed by atoms with E-state index in [0.29, 0.717) is 6.54 Å². The number of fused-ring (bicyclic) bond motifs is 1. The summed E-state index contributed by atoms with van der Waals surface area (Å²) in [5.74, 6) is 0. The summed E-state index contributed by atoms with van der Waals surface area (Å²) in [6, 6.07) is 6.01. The van der Waals surface area contributed by atoms with Gasteiger partial charge in [0.1, 0.15) is 6.10 Å². The number of anilines is 1. The molecule has 1 fully saturated rings. The Morgan fingerprint density at radius 2 is 2.36 bits per heavy atom. The summed E-state index contributed by atoms with van der Waals surface area (Å²) in [7, 11) is 0. The number of rotatable bonds is 4. The highest BCUT2D eigenvalue weighted by Gasteiger charge is 2.32. The molecule has 1 atom stereocenters. The van der Waals surface area contributed by atoms with Gasteiger partial charge in [0, 0.05) is 22.0 Å². The summed E-state index contributed by atoms with van der Waals surface area (Å²) >= 11 is 0. The molecule has 1 aromatic carbocycles. The summed E-state index contributed by atoms with van der Waals surface area (Å²) in [6.07, 6.45) is 0.962. The van der Waals surface area contributed by atoms with Gasteiger partial charge in [-0.15, -0.1) is 0 Å². The molecule has 1 unspecified atom stereocenters. The van der Waals surface area contributed by atoms with Crippen LogP contribution in [-0.4, -0.2) is 35.1 Å². The lowest BCUT2D eigenvalue weighted by Crippen LogP contribution is -2.25. The topological polar surface area (TPSA) is 96.1 Å². The molecule has 114 valence electrons. The summed E-state index contributed by atoms with van der Waals surface area (Å²) in [6.45, 7) is 4.66. The predicted octanol–water partition coefficient (Wildman–Crippen LogP) is 3.25. The second-order valence-electron chi connectivity index (χ2n) is 5.46. The van der Waals surface area contributed by atoms with Gasteiger partial charge in [-0.2, -0.15) is 5.10 Å². The molecule has 1 aliphatic heterocycles. The van der Waals surface area contributed by atoms with Gasteiger partial charge in [-0.3, -0.25) is 9.58 Å². The van der Waals surface area contributed by atoms with Crippen molar-refractivity contribution in [3.05, 3.63) is 34.8 Å². The lowest BCUT2D eigenvalue weighted by atomic mass is 10.2. The summed E-state index contributed by atoms with van der Waals surface area (Å²) in [5.41, 5.74) is 10.1. The first kappa shape index (κ1) is 14.2. The number of aromatic nitrogens is 2. The first-order valence-electron chi connectivity index (χ1n) is 7.06. The molecule has 2 heterocycles. The predicted molar refractivity (Wildman–Crippen MR) is 81.7 cm³/mol. The SMILES string of the molecule is CC(C)n1ncc2cc(N3CC(CN=[N+]=[N-])OC3=O)ccc21. The van der Waals surface area contributed by atoms with Crippen LogP contribution < -0.4 is 4.90 Å². The van der Waals surface area contributed by atoms with Crippen LogP contribution in [0.2, 0.25) is 0 Å². The molecule has 0 saturated carbocycles. The van der Waals surface area contributed by atoms with E-state index in [1.807, 2.05) is 22.9 Å². The van der Waals surface area contributed by atoms with E-state index in [1.165, 1.54) is 0 Å². The first-order chi connectivity index (χ1) is 10.6. The summed E-state index contributed by atoms with van der Waals surface area (Å²) in [4.78, 5) is 16.2. The Labute approximate surface area is 126 Å². The van der Waals surface area contributed by atoms with Crippen LogP contribution >= 0.6 is 0 Å². The maximum atomic E-state index is 11.9. The molecule has 8 heteroatoms. The van der Waals surface area contributed by atoms with E-state index >= 15 is 0 Å². The third-order valence-corrected chi connectivity index (χ3v) is 3.60. The van der Waals surface area contributed by atoms with Crippen molar-refractivity contribution < 1.29 is 9.53 Å². The molecule has 0 spiro atoms. The van der Waals surface area contributed by atoms with Crippen LogP contribution in [0.1, 0.15) is 19.9 Å². The quantitative estimate of drug-likeness (QED) is 0.492. The number of amides is 1. The third kappa shape index (κ3) is 2.44. The zero-order chi connectivity index (χ0) is 15.7. The van der Waals surface area contributed by atoms with Crippen LogP contribution in [0.25, 0.3) is 21.3 Å². The van der Waals surface area contributed by atoms with Crippen molar-refractivity contribution in [3.8, 4) is 0 Å². The van der Waals surface area contributed by atoms with E-state index in [1.54, 1.807) is 11.1 Å². The minimum atomic E-state index is -0.422. The van der Waals surface area contributed by atoms with Gasteiger partial charge in [0.15, 0.2) is 0 Å². The van der Waals surface area contributed by atoms with Crippen molar-refractivity contribution >= 4 is 22.7 Å². The van der Waals surface area contributed by atoms with Gasteiger partial charge in [0.2, 0.25) is 0 Å². The van der Waals surface area contributed by atoms with Crippen LogP contribution in [0.3, 0.4) is 0 Å². The molecular formula is C14H16N6O2. The van der Waals surface area contributed by atoms with Gasteiger partial charge < -0.3 is 4.74 Å². The molecule has 2 aromatic rings. The van der Waals surface area contributed by atoms with Crippen LogP contribution in [-0.2, 0) is 4.74 Å². The van der Waals surface area contributed by atoms with Crippen molar-refractivity contribution in [3.63, 3.8) is 0 Å². The first-order valence-corrected chi connectivity index (χ1v) is 7.06. The Hall–Kier alpha value is -2.73. The van der Waals surface area contributed by atoms with Gasteiger partial charge in [0.05, 0.1) is 24.8 Å². The Morgan fingerprint density at radius 3 is 3.09 bits per heavy atom. The Kier molecular flexibility index (Phi) is 3.60.